The van der Waals surface area contributed by atoms with Gasteiger partial charge in [-0.3, -0.25) is 9.89 Å². The molecule has 0 bridgehead atoms. The highest BCUT2D eigenvalue weighted by Crippen LogP contribution is 2.25. The molecule has 1 aromatic carbocycles. The summed E-state index contributed by atoms with van der Waals surface area (Å²) in [6, 6.07) is 5.99. The largest absolute Gasteiger partial charge is 0.497 e. The van der Waals surface area contributed by atoms with E-state index < -0.39 is 0 Å². The summed E-state index contributed by atoms with van der Waals surface area (Å²) < 4.78 is 10.9. The maximum Gasteiger partial charge on any atom is 0.194 e. The van der Waals surface area contributed by atoms with Gasteiger partial charge in [0.15, 0.2) is 5.96 Å². The lowest BCUT2D eigenvalue weighted by atomic mass is 10.1. The molecule has 0 aromatic heterocycles. The van der Waals surface area contributed by atoms with Gasteiger partial charge in [0.1, 0.15) is 11.5 Å². The number of rotatable bonds is 9. The number of nitrogens with one attached hydrogen (secondary N) is 1. The van der Waals surface area contributed by atoms with Gasteiger partial charge in [-0.15, -0.1) is 0 Å². The van der Waals surface area contributed by atoms with Crippen LogP contribution in [0.1, 0.15) is 19.4 Å². The van der Waals surface area contributed by atoms with Crippen LogP contribution in [0, 0.1) is 0 Å². The quantitative estimate of drug-likeness (QED) is 0.511. The van der Waals surface area contributed by atoms with Crippen molar-refractivity contribution in [3.8, 4) is 11.5 Å². The molecular formula is C21H37N5O2. The van der Waals surface area contributed by atoms with E-state index in [-0.39, 0.29) is 0 Å². The Balaban J connectivity index is 1.92. The van der Waals surface area contributed by atoms with Gasteiger partial charge in [0.25, 0.3) is 0 Å². The molecule has 1 heterocycles. The van der Waals surface area contributed by atoms with E-state index in [1.165, 1.54) is 5.56 Å². The number of guanidine groups is 1. The topological polar surface area (TPSA) is 52.6 Å². The van der Waals surface area contributed by atoms with E-state index in [1.54, 1.807) is 14.2 Å². The first kappa shape index (κ1) is 22.3. The number of hydrogen-bond donors (Lipinski definition) is 1. The minimum absolute atomic E-state index is 0.827. The molecule has 7 nitrogen and oxygen atoms in total. The molecule has 0 spiro atoms. The molecule has 0 atom stereocenters. The SMILES string of the molecule is CCNC(=NCCN(C)CC)N1CCN(Cc2cc(OC)ccc2OC)CC1. The molecule has 0 unspecified atom stereocenters. The third kappa shape index (κ3) is 6.56. The maximum absolute atomic E-state index is 5.52. The van der Waals surface area contributed by atoms with Gasteiger partial charge in [-0.05, 0) is 38.7 Å². The van der Waals surface area contributed by atoms with E-state index in [9.17, 15) is 0 Å². The van der Waals surface area contributed by atoms with Gasteiger partial charge in [0.2, 0.25) is 0 Å². The molecule has 1 aromatic rings. The number of likely N-dealkylation sites (N-methyl/N-ethyl adjacent to an activating group) is 1. The summed E-state index contributed by atoms with van der Waals surface area (Å²) in [6.07, 6.45) is 0. The molecule has 1 fully saturated rings. The van der Waals surface area contributed by atoms with E-state index in [4.69, 9.17) is 14.5 Å². The molecule has 0 aliphatic carbocycles. The number of benzene rings is 1. The summed E-state index contributed by atoms with van der Waals surface area (Å²) >= 11 is 0. The molecule has 1 aliphatic rings. The lowest BCUT2D eigenvalue weighted by Crippen LogP contribution is -2.52. The van der Waals surface area contributed by atoms with Crippen LogP contribution in [0.25, 0.3) is 0 Å². The van der Waals surface area contributed by atoms with Gasteiger partial charge in [-0.1, -0.05) is 6.92 Å². The van der Waals surface area contributed by atoms with Gasteiger partial charge in [0, 0.05) is 51.4 Å². The average Bonchev–Trinajstić information content (AvgIpc) is 2.73. The normalized spacial score (nSPS) is 15.8. The number of methoxy groups -OCH3 is 2. The number of nitrogens with zero attached hydrogens (tertiary/aromatic N) is 4. The molecule has 1 saturated heterocycles. The highest BCUT2D eigenvalue weighted by Gasteiger charge is 2.20. The summed E-state index contributed by atoms with van der Waals surface area (Å²) in [4.78, 5) is 11.9. The third-order valence-electron chi connectivity index (χ3n) is 5.17. The number of ether oxygens (including phenoxy) is 2. The lowest BCUT2D eigenvalue weighted by Gasteiger charge is -2.36. The molecule has 7 heteroatoms. The highest BCUT2D eigenvalue weighted by atomic mass is 16.5. The van der Waals surface area contributed by atoms with Crippen LogP contribution in [0.15, 0.2) is 23.2 Å². The first-order valence-electron chi connectivity index (χ1n) is 10.3. The van der Waals surface area contributed by atoms with Crippen LogP contribution >= 0.6 is 0 Å². The van der Waals surface area contributed by atoms with Gasteiger partial charge in [0.05, 0.1) is 20.8 Å². The fourth-order valence-corrected chi connectivity index (χ4v) is 3.27. The van der Waals surface area contributed by atoms with Crippen molar-refractivity contribution in [3.05, 3.63) is 23.8 Å². The van der Waals surface area contributed by atoms with Crippen molar-refractivity contribution >= 4 is 5.96 Å². The summed E-state index contributed by atoms with van der Waals surface area (Å²) in [7, 11) is 5.55. The van der Waals surface area contributed by atoms with Crippen molar-refractivity contribution in [2.45, 2.75) is 20.4 Å². The molecule has 1 aliphatic heterocycles. The Kier molecular flexibility index (Phi) is 9.37. The lowest BCUT2D eigenvalue weighted by molar-refractivity contribution is 0.171. The van der Waals surface area contributed by atoms with Crippen LogP contribution in [-0.2, 0) is 6.54 Å². The monoisotopic (exact) mass is 391 g/mol. The zero-order valence-electron chi connectivity index (χ0n) is 18.2. The maximum atomic E-state index is 5.52. The smallest absolute Gasteiger partial charge is 0.194 e. The van der Waals surface area contributed by atoms with Gasteiger partial charge < -0.3 is 24.6 Å². The zero-order valence-corrected chi connectivity index (χ0v) is 18.2. The molecule has 0 radical (unpaired) electrons. The van der Waals surface area contributed by atoms with E-state index >= 15 is 0 Å². The predicted molar refractivity (Wildman–Crippen MR) is 116 cm³/mol. The first-order chi connectivity index (χ1) is 13.6. The standard InChI is InChI=1S/C21H37N5O2/c1-6-22-21(23-10-11-24(3)7-2)26-14-12-25(13-15-26)17-18-16-19(27-4)8-9-20(18)28-5/h8-9,16H,6-7,10-15,17H2,1-5H3,(H,22,23). The number of piperazine rings is 1. The second-order valence-electron chi connectivity index (χ2n) is 7.07. The minimum Gasteiger partial charge on any atom is -0.497 e. The Labute approximate surface area is 170 Å². The molecule has 0 amide bonds. The molecular weight excluding hydrogens is 354 g/mol. The fraction of sp³-hybridized carbons (Fsp3) is 0.667. The average molecular weight is 392 g/mol. The van der Waals surface area contributed by atoms with E-state index in [1.807, 2.05) is 12.1 Å². The van der Waals surface area contributed by atoms with Crippen molar-refractivity contribution in [3.63, 3.8) is 0 Å². The highest BCUT2D eigenvalue weighted by molar-refractivity contribution is 5.80. The Morgan fingerprint density at radius 1 is 1.14 bits per heavy atom. The van der Waals surface area contributed by atoms with Crippen molar-refractivity contribution in [1.29, 1.82) is 0 Å². The van der Waals surface area contributed by atoms with Crippen LogP contribution in [0.4, 0.5) is 0 Å². The second kappa shape index (κ2) is 11.8. The summed E-state index contributed by atoms with van der Waals surface area (Å²) in [5, 5.41) is 3.44. The van der Waals surface area contributed by atoms with Crippen molar-refractivity contribution in [1.82, 2.24) is 20.0 Å². The van der Waals surface area contributed by atoms with Crippen LogP contribution in [0.5, 0.6) is 11.5 Å². The van der Waals surface area contributed by atoms with Crippen LogP contribution in [-0.4, -0.2) is 94.3 Å². The molecule has 0 saturated carbocycles. The Morgan fingerprint density at radius 3 is 2.50 bits per heavy atom. The van der Waals surface area contributed by atoms with E-state index in [2.05, 4.69) is 47.0 Å². The summed E-state index contributed by atoms with van der Waals surface area (Å²) in [5.74, 6) is 2.82. The molecule has 1 N–H and O–H groups in total. The van der Waals surface area contributed by atoms with Crippen LogP contribution < -0.4 is 14.8 Å². The summed E-state index contributed by atoms with van der Waals surface area (Å²) in [6.45, 7) is 12.9. The Bertz CT molecular complexity index is 615. The van der Waals surface area contributed by atoms with Crippen molar-refractivity contribution in [2.75, 3.05) is 73.6 Å². The number of aliphatic imine (C=N–C) groups is 1. The Morgan fingerprint density at radius 2 is 1.89 bits per heavy atom. The van der Waals surface area contributed by atoms with Crippen LogP contribution in [0.3, 0.4) is 0 Å². The minimum atomic E-state index is 0.827. The zero-order chi connectivity index (χ0) is 20.4. The van der Waals surface area contributed by atoms with Crippen LogP contribution in [0.2, 0.25) is 0 Å². The van der Waals surface area contributed by atoms with Crippen molar-refractivity contribution in [2.24, 2.45) is 4.99 Å². The fourth-order valence-electron chi connectivity index (χ4n) is 3.27. The first-order valence-corrected chi connectivity index (χ1v) is 10.3. The second-order valence-corrected chi connectivity index (χ2v) is 7.07. The van der Waals surface area contributed by atoms with Crippen molar-refractivity contribution < 1.29 is 9.47 Å². The summed E-state index contributed by atoms with van der Waals surface area (Å²) in [5.41, 5.74) is 1.17. The van der Waals surface area contributed by atoms with Gasteiger partial charge in [-0.25, -0.2) is 0 Å². The third-order valence-corrected chi connectivity index (χ3v) is 5.17. The van der Waals surface area contributed by atoms with E-state index in [0.29, 0.717) is 0 Å². The predicted octanol–water partition coefficient (Wildman–Crippen LogP) is 1.74. The number of hydrogen-bond acceptors (Lipinski definition) is 5. The molecule has 28 heavy (non-hydrogen) atoms. The van der Waals surface area contributed by atoms with Gasteiger partial charge >= 0.3 is 0 Å². The van der Waals surface area contributed by atoms with Gasteiger partial charge in [-0.2, -0.15) is 0 Å². The Hall–Kier alpha value is -1.99. The molecule has 158 valence electrons. The molecule has 2 rings (SSSR count). The van der Waals surface area contributed by atoms with E-state index in [0.717, 1.165) is 76.4 Å².